The van der Waals surface area contributed by atoms with E-state index in [9.17, 15) is 9.59 Å². The Morgan fingerprint density at radius 1 is 1.03 bits per heavy atom. The predicted octanol–water partition coefficient (Wildman–Crippen LogP) is 5.38. The van der Waals surface area contributed by atoms with Crippen molar-refractivity contribution in [1.82, 2.24) is 0 Å². The van der Waals surface area contributed by atoms with Crippen LogP contribution in [0.1, 0.15) is 20.8 Å². The number of hydrogen-bond acceptors (Lipinski definition) is 8. The van der Waals surface area contributed by atoms with Gasteiger partial charge in [0.05, 0.1) is 33.1 Å². The highest BCUT2D eigenvalue weighted by atomic mass is 35.5. The quantitative estimate of drug-likeness (QED) is 0.234. The summed E-state index contributed by atoms with van der Waals surface area (Å²) in [5, 5.41) is 8.08. The van der Waals surface area contributed by atoms with Crippen LogP contribution in [0.5, 0.6) is 23.0 Å². The van der Waals surface area contributed by atoms with E-state index in [2.05, 4.69) is 10.2 Å². The zero-order chi connectivity index (χ0) is 24.5. The fraction of sp³-hybridized carbons (Fsp3) is 0.364. The molecule has 0 fully saturated rings. The van der Waals surface area contributed by atoms with Gasteiger partial charge >= 0.3 is 0 Å². The second-order valence-corrected chi connectivity index (χ2v) is 7.23. The highest BCUT2D eigenvalue weighted by Crippen LogP contribution is 2.42. The number of methoxy groups -OCH3 is 2. The van der Waals surface area contributed by atoms with Gasteiger partial charge in [-0.25, -0.2) is 4.42 Å². The number of amides is 1. The van der Waals surface area contributed by atoms with Crippen LogP contribution in [0, 0.1) is 0 Å². The summed E-state index contributed by atoms with van der Waals surface area (Å²) >= 11 is 12.6. The summed E-state index contributed by atoms with van der Waals surface area (Å²) < 4.78 is 22.2. The van der Waals surface area contributed by atoms with E-state index in [0.717, 1.165) is 4.42 Å². The fourth-order valence-corrected chi connectivity index (χ4v) is 3.16. The zero-order valence-electron chi connectivity index (χ0n) is 18.9. The van der Waals surface area contributed by atoms with Crippen LogP contribution >= 0.6 is 23.4 Å². The Labute approximate surface area is 202 Å². The Morgan fingerprint density at radius 3 is 2.15 bits per heavy atom. The molecule has 33 heavy (non-hydrogen) atoms. The number of azo groups is 1. The highest BCUT2D eigenvalue weighted by Gasteiger charge is 2.29. The summed E-state index contributed by atoms with van der Waals surface area (Å²) in [6.07, 6.45) is 0. The molecule has 0 aliphatic carbocycles. The van der Waals surface area contributed by atoms with Crippen molar-refractivity contribution in [3.05, 3.63) is 35.4 Å². The van der Waals surface area contributed by atoms with Gasteiger partial charge in [-0.2, -0.15) is 10.2 Å². The molecule has 0 radical (unpaired) electrons. The lowest BCUT2D eigenvalue weighted by molar-refractivity contribution is -0.126. The van der Waals surface area contributed by atoms with Gasteiger partial charge < -0.3 is 18.9 Å². The summed E-state index contributed by atoms with van der Waals surface area (Å²) in [4.78, 5) is 25.2. The molecule has 2 aromatic carbocycles. The molecule has 1 unspecified atom stereocenters. The van der Waals surface area contributed by atoms with Crippen molar-refractivity contribution in [2.75, 3.05) is 31.9 Å². The van der Waals surface area contributed by atoms with E-state index in [1.54, 1.807) is 25.1 Å². The number of nitrogens with zero attached hydrogens (tertiary/aromatic N) is 3. The minimum absolute atomic E-state index is 0.140. The molecule has 9 nitrogen and oxygen atoms in total. The zero-order valence-corrected chi connectivity index (χ0v) is 20.4. The van der Waals surface area contributed by atoms with Crippen molar-refractivity contribution in [2.24, 2.45) is 10.2 Å². The first-order valence-electron chi connectivity index (χ1n) is 9.99. The highest BCUT2D eigenvalue weighted by molar-refractivity contribution is 6.39. The monoisotopic (exact) mass is 497 g/mol. The van der Waals surface area contributed by atoms with Gasteiger partial charge in [0.15, 0.2) is 17.3 Å². The Hall–Kier alpha value is -3.04. The SMILES string of the molecule is CCOc1ccc(N=NC(C(C)=O)C(=O)N(Cl)c2cc(OC)cc(OC)c2)c(Cl)c1OCC. The minimum atomic E-state index is -1.50. The molecule has 1 amide bonds. The van der Waals surface area contributed by atoms with Crippen LogP contribution in [0.3, 0.4) is 0 Å². The van der Waals surface area contributed by atoms with E-state index in [-0.39, 0.29) is 16.4 Å². The van der Waals surface area contributed by atoms with Gasteiger partial charge in [-0.3, -0.25) is 9.59 Å². The molecule has 0 aromatic heterocycles. The maximum absolute atomic E-state index is 13.0. The smallest absolute Gasteiger partial charge is 0.276 e. The molecule has 2 rings (SSSR count). The normalized spacial score (nSPS) is 11.7. The summed E-state index contributed by atoms with van der Waals surface area (Å²) in [6, 6.07) is 6.31. The van der Waals surface area contributed by atoms with Crippen LogP contribution in [0.2, 0.25) is 5.02 Å². The van der Waals surface area contributed by atoms with Gasteiger partial charge in [0.2, 0.25) is 6.04 Å². The third-order valence-electron chi connectivity index (χ3n) is 4.29. The molecular formula is C22H25Cl2N3O6. The van der Waals surface area contributed by atoms with Gasteiger partial charge in [0, 0.05) is 30.0 Å². The van der Waals surface area contributed by atoms with Crippen molar-refractivity contribution in [3.8, 4) is 23.0 Å². The van der Waals surface area contributed by atoms with Crippen molar-refractivity contribution < 1.29 is 28.5 Å². The molecule has 0 aliphatic heterocycles. The number of ether oxygens (including phenoxy) is 4. The molecule has 2 aromatic rings. The van der Waals surface area contributed by atoms with Crippen molar-refractivity contribution in [2.45, 2.75) is 26.8 Å². The molecule has 0 saturated carbocycles. The number of Topliss-reactive ketones (excluding diaryl/α,β-unsaturated/α-hetero) is 1. The lowest BCUT2D eigenvalue weighted by Crippen LogP contribution is -2.36. The van der Waals surface area contributed by atoms with Crippen molar-refractivity contribution >= 4 is 46.4 Å². The first kappa shape index (κ1) is 26.2. The molecule has 0 spiro atoms. The van der Waals surface area contributed by atoms with Crippen LogP contribution in [0.25, 0.3) is 0 Å². The topological polar surface area (TPSA) is 99.0 Å². The lowest BCUT2D eigenvalue weighted by atomic mass is 10.2. The third-order valence-corrected chi connectivity index (χ3v) is 5.01. The molecule has 1 atom stereocenters. The molecule has 0 aliphatic rings. The Kier molecular flexibility index (Phi) is 9.74. The Morgan fingerprint density at radius 2 is 1.64 bits per heavy atom. The average Bonchev–Trinajstić information content (AvgIpc) is 2.81. The Balaban J connectivity index is 2.37. The molecule has 0 heterocycles. The third kappa shape index (κ3) is 6.49. The summed E-state index contributed by atoms with van der Waals surface area (Å²) in [5.74, 6) is 0.195. The van der Waals surface area contributed by atoms with Gasteiger partial charge in [-0.1, -0.05) is 11.6 Å². The number of carbonyl (C=O) groups is 2. The molecule has 0 bridgehead atoms. The van der Waals surface area contributed by atoms with E-state index in [1.807, 2.05) is 6.92 Å². The van der Waals surface area contributed by atoms with Crippen LogP contribution < -0.4 is 23.4 Å². The first-order valence-corrected chi connectivity index (χ1v) is 10.7. The van der Waals surface area contributed by atoms with E-state index in [4.69, 9.17) is 42.3 Å². The standard InChI is InChI=1S/C22H25Cl2N3O6/c1-6-32-18-9-8-17(19(23)21(18)33-7-2)25-26-20(13(3)28)22(29)27(24)14-10-15(30-4)12-16(11-14)31-5/h8-12,20H,6-7H2,1-5H3. The largest absolute Gasteiger partial charge is 0.497 e. The number of hydrogen-bond donors (Lipinski definition) is 0. The van der Waals surface area contributed by atoms with E-state index in [0.29, 0.717) is 36.2 Å². The second kappa shape index (κ2) is 12.3. The number of ketones is 1. The molecular weight excluding hydrogens is 473 g/mol. The summed E-state index contributed by atoms with van der Waals surface area (Å²) in [7, 11) is 2.92. The molecule has 0 saturated heterocycles. The predicted molar refractivity (Wildman–Crippen MR) is 126 cm³/mol. The number of benzene rings is 2. The molecule has 11 heteroatoms. The van der Waals surface area contributed by atoms with Crippen molar-refractivity contribution in [1.29, 1.82) is 0 Å². The first-order chi connectivity index (χ1) is 15.8. The molecule has 0 N–H and O–H groups in total. The van der Waals surface area contributed by atoms with Gasteiger partial charge in [-0.05, 0) is 32.9 Å². The van der Waals surface area contributed by atoms with Crippen LogP contribution in [0.4, 0.5) is 11.4 Å². The van der Waals surface area contributed by atoms with Crippen LogP contribution in [-0.2, 0) is 9.59 Å². The minimum Gasteiger partial charge on any atom is -0.497 e. The number of carbonyl (C=O) groups excluding carboxylic acids is 2. The Bertz CT molecular complexity index is 1010. The van der Waals surface area contributed by atoms with E-state index in [1.165, 1.54) is 33.3 Å². The summed E-state index contributed by atoms with van der Waals surface area (Å²) in [5.41, 5.74) is 0.434. The number of rotatable bonds is 11. The second-order valence-electron chi connectivity index (χ2n) is 6.51. The van der Waals surface area contributed by atoms with Crippen LogP contribution in [-0.4, -0.2) is 45.2 Å². The maximum Gasteiger partial charge on any atom is 0.276 e. The number of anilines is 1. The van der Waals surface area contributed by atoms with Gasteiger partial charge in [0.25, 0.3) is 5.91 Å². The van der Waals surface area contributed by atoms with Gasteiger partial charge in [0.1, 0.15) is 22.2 Å². The van der Waals surface area contributed by atoms with Crippen LogP contribution in [0.15, 0.2) is 40.6 Å². The maximum atomic E-state index is 13.0. The van der Waals surface area contributed by atoms with E-state index < -0.39 is 17.7 Å². The van der Waals surface area contributed by atoms with E-state index >= 15 is 0 Å². The molecule has 178 valence electrons. The number of halogens is 2. The average molecular weight is 498 g/mol. The van der Waals surface area contributed by atoms with Crippen molar-refractivity contribution in [3.63, 3.8) is 0 Å². The lowest BCUT2D eigenvalue weighted by Gasteiger charge is -2.18. The fourth-order valence-electron chi connectivity index (χ4n) is 2.72. The van der Waals surface area contributed by atoms with Gasteiger partial charge in [-0.15, -0.1) is 0 Å². The summed E-state index contributed by atoms with van der Waals surface area (Å²) in [6.45, 7) is 5.60.